The standard InChI is InChI=1S/C21H22F2N2O6S/c22-21(23)31-16-11-9-15(10-12-16)24-19(26)14-30-20(27)18-8-4-5-13-25(18)32(28,29)17-6-2-1-3-7-17/h1-3,6-7,9-12,18,21H,4-5,8,13-14H2,(H,24,26). The molecule has 172 valence electrons. The minimum atomic E-state index is -3.89. The van der Waals surface area contributed by atoms with Crippen LogP contribution in [0.3, 0.4) is 0 Å². The molecule has 1 N–H and O–H groups in total. The lowest BCUT2D eigenvalue weighted by atomic mass is 10.1. The van der Waals surface area contributed by atoms with Crippen LogP contribution in [0, 0.1) is 0 Å². The number of carbonyl (C=O) groups is 2. The van der Waals surface area contributed by atoms with E-state index < -0.39 is 41.2 Å². The summed E-state index contributed by atoms with van der Waals surface area (Å²) in [5.41, 5.74) is 0.290. The molecule has 0 bridgehead atoms. The lowest BCUT2D eigenvalue weighted by Gasteiger charge is -2.32. The second-order valence-electron chi connectivity index (χ2n) is 7.00. The molecule has 8 nitrogen and oxygen atoms in total. The van der Waals surface area contributed by atoms with Gasteiger partial charge in [-0.05, 0) is 55.7 Å². The molecule has 1 fully saturated rings. The molecule has 32 heavy (non-hydrogen) atoms. The molecule has 0 radical (unpaired) electrons. The number of hydrogen-bond donors (Lipinski definition) is 1. The molecule has 0 aromatic heterocycles. The van der Waals surface area contributed by atoms with Crippen molar-refractivity contribution in [2.24, 2.45) is 0 Å². The zero-order valence-electron chi connectivity index (χ0n) is 16.9. The van der Waals surface area contributed by atoms with Crippen LogP contribution in [0.2, 0.25) is 0 Å². The van der Waals surface area contributed by atoms with E-state index in [1.54, 1.807) is 18.2 Å². The average Bonchev–Trinajstić information content (AvgIpc) is 2.79. The van der Waals surface area contributed by atoms with Gasteiger partial charge in [0, 0.05) is 12.2 Å². The zero-order valence-corrected chi connectivity index (χ0v) is 17.8. The third kappa shape index (κ3) is 6.01. The van der Waals surface area contributed by atoms with Crippen LogP contribution in [-0.2, 0) is 24.3 Å². The number of ether oxygens (including phenoxy) is 2. The highest BCUT2D eigenvalue weighted by atomic mass is 32.2. The van der Waals surface area contributed by atoms with Gasteiger partial charge in [0.2, 0.25) is 10.0 Å². The van der Waals surface area contributed by atoms with E-state index in [1.807, 2.05) is 0 Å². The van der Waals surface area contributed by atoms with Crippen molar-refractivity contribution < 1.29 is 36.3 Å². The van der Waals surface area contributed by atoms with Gasteiger partial charge in [-0.15, -0.1) is 0 Å². The van der Waals surface area contributed by atoms with Gasteiger partial charge in [-0.25, -0.2) is 8.42 Å². The summed E-state index contributed by atoms with van der Waals surface area (Å²) in [6.45, 7) is -3.40. The minimum Gasteiger partial charge on any atom is -0.454 e. The number of anilines is 1. The van der Waals surface area contributed by atoms with Crippen LogP contribution in [0.1, 0.15) is 19.3 Å². The molecule has 1 amide bonds. The molecule has 0 spiro atoms. The van der Waals surface area contributed by atoms with Gasteiger partial charge in [-0.1, -0.05) is 18.2 Å². The number of nitrogens with zero attached hydrogens (tertiary/aromatic N) is 1. The number of benzene rings is 2. The Bertz CT molecular complexity index is 1030. The van der Waals surface area contributed by atoms with Crippen LogP contribution in [-0.4, -0.2) is 50.4 Å². The summed E-state index contributed by atoms with van der Waals surface area (Å²) in [7, 11) is -3.89. The lowest BCUT2D eigenvalue weighted by Crippen LogP contribution is -2.48. The fourth-order valence-electron chi connectivity index (χ4n) is 3.31. The van der Waals surface area contributed by atoms with Crippen molar-refractivity contribution in [2.75, 3.05) is 18.5 Å². The van der Waals surface area contributed by atoms with E-state index in [4.69, 9.17) is 4.74 Å². The summed E-state index contributed by atoms with van der Waals surface area (Å²) in [4.78, 5) is 24.8. The predicted octanol–water partition coefficient (Wildman–Crippen LogP) is 3.01. The first kappa shape index (κ1) is 23.6. The molecule has 2 aromatic rings. The Morgan fingerprint density at radius 2 is 1.75 bits per heavy atom. The fourth-order valence-corrected chi connectivity index (χ4v) is 4.97. The highest BCUT2D eigenvalue weighted by molar-refractivity contribution is 7.89. The van der Waals surface area contributed by atoms with Crippen molar-refractivity contribution >= 4 is 27.6 Å². The maximum atomic E-state index is 13.0. The number of hydrogen-bond acceptors (Lipinski definition) is 6. The fraction of sp³-hybridized carbons (Fsp3) is 0.333. The molecule has 1 atom stereocenters. The highest BCUT2D eigenvalue weighted by Gasteiger charge is 2.38. The van der Waals surface area contributed by atoms with Gasteiger partial charge in [0.05, 0.1) is 4.90 Å². The van der Waals surface area contributed by atoms with Crippen molar-refractivity contribution in [1.82, 2.24) is 4.31 Å². The van der Waals surface area contributed by atoms with E-state index in [0.717, 1.165) is 4.31 Å². The van der Waals surface area contributed by atoms with Crippen LogP contribution < -0.4 is 10.1 Å². The Kier molecular flexibility index (Phi) is 7.75. The monoisotopic (exact) mass is 468 g/mol. The van der Waals surface area contributed by atoms with Crippen LogP contribution >= 0.6 is 0 Å². The molecule has 1 aliphatic heterocycles. The summed E-state index contributed by atoms with van der Waals surface area (Å²) in [5, 5.41) is 2.46. The molecular formula is C21H22F2N2O6S. The van der Waals surface area contributed by atoms with Gasteiger partial charge in [0.25, 0.3) is 5.91 Å². The van der Waals surface area contributed by atoms with Gasteiger partial charge in [-0.2, -0.15) is 13.1 Å². The highest BCUT2D eigenvalue weighted by Crippen LogP contribution is 2.26. The number of amides is 1. The normalized spacial score (nSPS) is 17.0. The maximum absolute atomic E-state index is 13.0. The van der Waals surface area contributed by atoms with Crippen molar-refractivity contribution in [1.29, 1.82) is 0 Å². The molecule has 1 aliphatic rings. The van der Waals surface area contributed by atoms with Crippen LogP contribution in [0.5, 0.6) is 5.75 Å². The quantitative estimate of drug-likeness (QED) is 0.598. The molecule has 1 heterocycles. The molecule has 3 rings (SSSR count). The van der Waals surface area contributed by atoms with E-state index in [0.29, 0.717) is 18.5 Å². The van der Waals surface area contributed by atoms with E-state index in [9.17, 15) is 26.8 Å². The number of nitrogens with one attached hydrogen (secondary N) is 1. The number of piperidine rings is 1. The minimum absolute atomic E-state index is 0.0681. The molecule has 0 aliphatic carbocycles. The average molecular weight is 468 g/mol. The molecule has 11 heteroatoms. The Balaban J connectivity index is 1.58. The van der Waals surface area contributed by atoms with Crippen molar-refractivity contribution in [3.8, 4) is 5.75 Å². The van der Waals surface area contributed by atoms with Gasteiger partial charge >= 0.3 is 12.6 Å². The summed E-state index contributed by atoms with van der Waals surface area (Å²) in [6, 6.07) is 12.0. The number of halogens is 2. The van der Waals surface area contributed by atoms with Crippen molar-refractivity contribution in [2.45, 2.75) is 36.8 Å². The van der Waals surface area contributed by atoms with Crippen molar-refractivity contribution in [3.63, 3.8) is 0 Å². The first-order chi connectivity index (χ1) is 15.3. The van der Waals surface area contributed by atoms with Gasteiger partial charge in [0.15, 0.2) is 6.61 Å². The SMILES string of the molecule is O=C(COC(=O)C1CCCCN1S(=O)(=O)c1ccccc1)Nc1ccc(OC(F)F)cc1. The van der Waals surface area contributed by atoms with Gasteiger partial charge < -0.3 is 14.8 Å². The van der Waals surface area contributed by atoms with Crippen molar-refractivity contribution in [3.05, 3.63) is 54.6 Å². The van der Waals surface area contributed by atoms with Crippen LogP contribution in [0.4, 0.5) is 14.5 Å². The third-order valence-electron chi connectivity index (χ3n) is 4.78. The van der Waals surface area contributed by atoms with E-state index >= 15 is 0 Å². The third-order valence-corrected chi connectivity index (χ3v) is 6.71. The first-order valence-corrected chi connectivity index (χ1v) is 11.3. The number of sulfonamides is 1. The van der Waals surface area contributed by atoms with Gasteiger partial charge in [0.1, 0.15) is 11.8 Å². The predicted molar refractivity (Wildman–Crippen MR) is 111 cm³/mol. The second kappa shape index (κ2) is 10.5. The van der Waals surface area contributed by atoms with Crippen LogP contribution in [0.25, 0.3) is 0 Å². The molecule has 0 saturated carbocycles. The number of alkyl halides is 2. The largest absolute Gasteiger partial charge is 0.454 e. The van der Waals surface area contributed by atoms with Crippen LogP contribution in [0.15, 0.2) is 59.5 Å². The molecule has 1 saturated heterocycles. The topological polar surface area (TPSA) is 102 Å². The second-order valence-corrected chi connectivity index (χ2v) is 8.89. The van der Waals surface area contributed by atoms with E-state index in [2.05, 4.69) is 10.1 Å². The number of carbonyl (C=O) groups excluding carboxylic acids is 2. The molecule has 2 aromatic carbocycles. The molecular weight excluding hydrogens is 446 g/mol. The Morgan fingerprint density at radius 3 is 2.41 bits per heavy atom. The smallest absolute Gasteiger partial charge is 0.387 e. The first-order valence-electron chi connectivity index (χ1n) is 9.85. The summed E-state index contributed by atoms with van der Waals surface area (Å²) in [6.07, 6.45) is 1.56. The Labute approximate surface area is 184 Å². The van der Waals surface area contributed by atoms with E-state index in [-0.39, 0.29) is 23.6 Å². The zero-order chi connectivity index (χ0) is 23.1. The Morgan fingerprint density at radius 1 is 1.06 bits per heavy atom. The molecule has 1 unspecified atom stereocenters. The van der Waals surface area contributed by atoms with Gasteiger partial charge in [-0.3, -0.25) is 9.59 Å². The number of rotatable bonds is 8. The Hall–Kier alpha value is -3.05. The number of esters is 1. The summed E-state index contributed by atoms with van der Waals surface area (Å²) < 4.78 is 60.7. The summed E-state index contributed by atoms with van der Waals surface area (Å²) >= 11 is 0. The van der Waals surface area contributed by atoms with E-state index in [1.165, 1.54) is 36.4 Å². The summed E-state index contributed by atoms with van der Waals surface area (Å²) in [5.74, 6) is -1.53. The maximum Gasteiger partial charge on any atom is 0.387 e. The lowest BCUT2D eigenvalue weighted by molar-refractivity contribution is -0.152.